The largest absolute Gasteiger partial charge is 0.394 e. The highest BCUT2D eigenvalue weighted by atomic mass is 35.5. The van der Waals surface area contributed by atoms with Gasteiger partial charge in [0, 0.05) is 17.4 Å². The van der Waals surface area contributed by atoms with Gasteiger partial charge in [0.2, 0.25) is 0 Å². The molecule has 10 atom stereocenters. The lowest BCUT2D eigenvalue weighted by Gasteiger charge is -2.48. The van der Waals surface area contributed by atoms with Gasteiger partial charge in [-0.2, -0.15) is 0 Å². The summed E-state index contributed by atoms with van der Waals surface area (Å²) in [6, 6.07) is 5.87. The molecule has 2 fully saturated rings. The average Bonchev–Trinajstić information content (AvgIpc) is 2.90. The fraction of sp³-hybridized carbons (Fsp3) is 0.682. The first-order valence-electron chi connectivity index (χ1n) is 11.6. The van der Waals surface area contributed by atoms with E-state index >= 15 is 0 Å². The number of carbonyl (C=O) groups excluding carboxylic acids is 1. The summed E-state index contributed by atoms with van der Waals surface area (Å²) in [7, 11) is 0. The van der Waals surface area contributed by atoms with Gasteiger partial charge in [0.05, 0.1) is 19.8 Å². The van der Waals surface area contributed by atoms with Crippen LogP contribution in [0.1, 0.15) is 5.56 Å². The zero-order valence-corrected chi connectivity index (χ0v) is 21.1. The fourth-order valence-electron chi connectivity index (χ4n) is 4.15. The lowest BCUT2D eigenvalue weighted by molar-refractivity contribution is -0.347. The van der Waals surface area contributed by atoms with Gasteiger partial charge in [0.15, 0.2) is 12.5 Å². The maximum atomic E-state index is 12.9. The summed E-state index contributed by atoms with van der Waals surface area (Å²) < 4.78 is 16.7. The molecule has 210 valence electrons. The van der Waals surface area contributed by atoms with Gasteiger partial charge < -0.3 is 55.3 Å². The normalized spacial score (nSPS) is 36.2. The molecule has 0 aliphatic carbocycles. The second-order valence-corrected chi connectivity index (χ2v) is 9.52. The molecule has 8 N–H and O–H groups in total. The van der Waals surface area contributed by atoms with Crippen molar-refractivity contribution in [3.05, 3.63) is 34.9 Å². The highest BCUT2D eigenvalue weighted by molar-refractivity contribution is 6.30. The molecule has 0 saturated carbocycles. The van der Waals surface area contributed by atoms with Gasteiger partial charge in [0.1, 0.15) is 48.8 Å². The van der Waals surface area contributed by atoms with E-state index in [9.17, 15) is 40.5 Å². The number of halogens is 2. The highest BCUT2D eigenvalue weighted by Crippen LogP contribution is 2.31. The van der Waals surface area contributed by atoms with Crippen LogP contribution in [-0.4, -0.2) is 134 Å². The summed E-state index contributed by atoms with van der Waals surface area (Å²) in [5.74, 6) is 0.117. The Morgan fingerprint density at radius 2 is 1.57 bits per heavy atom. The molecule has 1 aromatic rings. The number of rotatable bonds is 9. The van der Waals surface area contributed by atoms with Crippen molar-refractivity contribution in [2.75, 3.05) is 25.6 Å². The quantitative estimate of drug-likeness (QED) is 0.148. The number of hydrogen-bond donors (Lipinski definition) is 8. The minimum absolute atomic E-state index is 0.0733. The molecule has 37 heavy (non-hydrogen) atoms. The molecule has 2 heterocycles. The average molecular weight is 571 g/mol. The van der Waals surface area contributed by atoms with Crippen LogP contribution in [0.15, 0.2) is 24.3 Å². The fourth-order valence-corrected chi connectivity index (χ4v) is 4.37. The van der Waals surface area contributed by atoms with Crippen molar-refractivity contribution in [2.45, 2.75) is 67.9 Å². The SMILES string of the molecule is O=C(NCCCl)N(Cc1ccc(Cl)cc1)C1O[C@H](CO)[C@@H](O[C@H]2O[C@H](CO)[C@@H](O)[C@H](O)[C@H]2O)[C@H](O)[C@H]1O. The standard InChI is InChI=1S/C22H32Cl2N2O11/c23-5-6-25-22(34)26(7-10-1-3-11(24)4-2-10)20-17(32)16(31)19(13(9-28)35-20)37-21-18(33)15(30)14(29)12(8-27)36-21/h1-4,12-21,27-33H,5-9H2,(H,25,34)/t12-,13-,14-,15+,16-,17-,18-,19-,20?,21-/m1/s1. The van der Waals surface area contributed by atoms with Crippen LogP contribution in [-0.2, 0) is 20.8 Å². The van der Waals surface area contributed by atoms with Gasteiger partial charge in [-0.05, 0) is 17.7 Å². The summed E-state index contributed by atoms with van der Waals surface area (Å²) in [5.41, 5.74) is 0.621. The maximum Gasteiger partial charge on any atom is 0.319 e. The highest BCUT2D eigenvalue weighted by Gasteiger charge is 2.52. The Labute approximate surface area is 222 Å². The lowest BCUT2D eigenvalue weighted by Crippen LogP contribution is -2.67. The van der Waals surface area contributed by atoms with Crippen LogP contribution >= 0.6 is 23.2 Å². The van der Waals surface area contributed by atoms with Gasteiger partial charge in [-0.25, -0.2) is 4.79 Å². The third-order valence-corrected chi connectivity index (χ3v) is 6.62. The van der Waals surface area contributed by atoms with Crippen molar-refractivity contribution in [3.63, 3.8) is 0 Å². The van der Waals surface area contributed by atoms with E-state index in [0.717, 1.165) is 4.90 Å². The van der Waals surface area contributed by atoms with Crippen molar-refractivity contribution in [2.24, 2.45) is 0 Å². The zero-order chi connectivity index (χ0) is 27.3. The second-order valence-electron chi connectivity index (χ2n) is 8.70. The van der Waals surface area contributed by atoms with E-state index < -0.39 is 80.6 Å². The minimum atomic E-state index is -1.79. The molecule has 1 aromatic carbocycles. The monoisotopic (exact) mass is 570 g/mol. The molecular formula is C22H32Cl2N2O11. The predicted molar refractivity (Wildman–Crippen MR) is 128 cm³/mol. The first-order valence-corrected chi connectivity index (χ1v) is 12.5. The summed E-state index contributed by atoms with van der Waals surface area (Å²) in [6.07, 6.45) is -15.9. The molecular weight excluding hydrogens is 539 g/mol. The van der Waals surface area contributed by atoms with E-state index in [0.29, 0.717) is 10.6 Å². The topological polar surface area (TPSA) is 202 Å². The number of urea groups is 1. The molecule has 2 aliphatic heterocycles. The second kappa shape index (κ2) is 13.6. The molecule has 0 bridgehead atoms. The number of carbonyl (C=O) groups is 1. The van der Waals surface area contributed by atoms with Gasteiger partial charge in [0.25, 0.3) is 0 Å². The summed E-state index contributed by atoms with van der Waals surface area (Å²) in [6.45, 7) is -1.41. The molecule has 2 aliphatic rings. The smallest absolute Gasteiger partial charge is 0.319 e. The van der Waals surface area contributed by atoms with Crippen LogP contribution in [0.25, 0.3) is 0 Å². The number of ether oxygens (including phenoxy) is 3. The number of aliphatic hydroxyl groups excluding tert-OH is 7. The Balaban J connectivity index is 1.81. The maximum absolute atomic E-state index is 12.9. The summed E-state index contributed by atoms with van der Waals surface area (Å²) in [4.78, 5) is 14.0. The van der Waals surface area contributed by atoms with Crippen LogP contribution < -0.4 is 5.32 Å². The van der Waals surface area contributed by atoms with Gasteiger partial charge in [-0.3, -0.25) is 4.90 Å². The van der Waals surface area contributed by atoms with Crippen molar-refractivity contribution >= 4 is 29.2 Å². The molecule has 2 saturated heterocycles. The molecule has 3 rings (SSSR count). The lowest BCUT2D eigenvalue weighted by atomic mass is 9.96. The first kappa shape index (κ1) is 30.2. The third kappa shape index (κ3) is 7.01. The Bertz CT molecular complexity index is 866. The molecule has 2 amide bonds. The van der Waals surface area contributed by atoms with Crippen molar-refractivity contribution in [1.82, 2.24) is 10.2 Å². The van der Waals surface area contributed by atoms with Crippen LogP contribution in [0.2, 0.25) is 5.02 Å². The van der Waals surface area contributed by atoms with Gasteiger partial charge in [-0.1, -0.05) is 23.7 Å². The van der Waals surface area contributed by atoms with E-state index in [1.807, 2.05) is 0 Å². The zero-order valence-electron chi connectivity index (χ0n) is 19.6. The van der Waals surface area contributed by atoms with Crippen LogP contribution in [0.5, 0.6) is 0 Å². The Morgan fingerprint density at radius 1 is 0.919 bits per heavy atom. The summed E-state index contributed by atoms with van der Waals surface area (Å²) in [5, 5.41) is 74.5. The van der Waals surface area contributed by atoms with Crippen molar-refractivity contribution < 1.29 is 54.8 Å². The van der Waals surface area contributed by atoms with Gasteiger partial charge in [-0.15, -0.1) is 11.6 Å². The minimum Gasteiger partial charge on any atom is -0.394 e. The number of nitrogens with zero attached hydrogens (tertiary/aromatic N) is 1. The summed E-state index contributed by atoms with van der Waals surface area (Å²) >= 11 is 11.6. The molecule has 0 spiro atoms. The van der Waals surface area contributed by atoms with E-state index in [1.54, 1.807) is 24.3 Å². The molecule has 13 nitrogen and oxygen atoms in total. The van der Waals surface area contributed by atoms with Crippen LogP contribution in [0.3, 0.4) is 0 Å². The van der Waals surface area contributed by atoms with E-state index in [1.165, 1.54) is 0 Å². The number of aliphatic hydroxyl groups is 7. The molecule has 0 radical (unpaired) electrons. The Hall–Kier alpha value is -1.33. The number of nitrogens with one attached hydrogen (secondary N) is 1. The third-order valence-electron chi connectivity index (χ3n) is 6.18. The Morgan fingerprint density at radius 3 is 2.16 bits per heavy atom. The first-order chi connectivity index (χ1) is 17.6. The Kier molecular flexibility index (Phi) is 11.1. The predicted octanol–water partition coefficient (Wildman–Crippen LogP) is -2.29. The number of amides is 2. The number of hydrogen-bond acceptors (Lipinski definition) is 11. The molecule has 1 unspecified atom stereocenters. The van der Waals surface area contributed by atoms with Crippen LogP contribution in [0, 0.1) is 0 Å². The number of alkyl halides is 1. The van der Waals surface area contributed by atoms with E-state index in [-0.39, 0.29) is 19.0 Å². The van der Waals surface area contributed by atoms with Crippen LogP contribution in [0.4, 0.5) is 4.79 Å². The number of benzene rings is 1. The molecule has 0 aromatic heterocycles. The van der Waals surface area contributed by atoms with E-state index in [2.05, 4.69) is 5.32 Å². The van der Waals surface area contributed by atoms with Crippen molar-refractivity contribution in [1.29, 1.82) is 0 Å². The van der Waals surface area contributed by atoms with Crippen molar-refractivity contribution in [3.8, 4) is 0 Å². The van der Waals surface area contributed by atoms with E-state index in [4.69, 9.17) is 37.4 Å². The molecule has 15 heteroatoms. The van der Waals surface area contributed by atoms with Gasteiger partial charge >= 0.3 is 6.03 Å².